The topological polar surface area (TPSA) is 43.4 Å². The molecule has 0 spiro atoms. The van der Waals surface area contributed by atoms with Crippen LogP contribution in [0.2, 0.25) is 0 Å². The van der Waals surface area contributed by atoms with Crippen molar-refractivity contribution in [1.82, 2.24) is 0 Å². The van der Waals surface area contributed by atoms with Gasteiger partial charge in [-0.2, -0.15) is 0 Å². The Balaban J connectivity index is 1.46. The molecule has 4 saturated carbocycles. The van der Waals surface area contributed by atoms with Gasteiger partial charge in [-0.1, -0.05) is 38.3 Å². The number of hydrogen-bond acceptors (Lipinski definition) is 3. The molecule has 0 aromatic carbocycles. The first-order chi connectivity index (χ1) is 14.2. The van der Waals surface area contributed by atoms with Crippen molar-refractivity contribution in [2.24, 2.45) is 39.9 Å². The number of hydrogen-bond donors (Lipinski definition) is 0. The maximum Gasteiger partial charge on any atom is 0.302 e. The normalized spacial score (nSPS) is 49.7. The third-order valence-corrected chi connectivity index (χ3v) is 11.0. The molecule has 0 bridgehead atoms. The van der Waals surface area contributed by atoms with Gasteiger partial charge in [-0.25, -0.2) is 0 Å². The number of Topliss-reactive ketones (excluding diaryl/α,β-unsaturated/α-hetero) is 1. The monoisotopic (exact) mass is 412 g/mol. The summed E-state index contributed by atoms with van der Waals surface area (Å²) in [5.41, 5.74) is 1.97. The minimum absolute atomic E-state index is 0.0429. The quantitative estimate of drug-likeness (QED) is 0.397. The van der Waals surface area contributed by atoms with Gasteiger partial charge in [-0.05, 0) is 92.8 Å². The van der Waals surface area contributed by atoms with E-state index in [1.165, 1.54) is 51.9 Å². The van der Waals surface area contributed by atoms with Crippen LogP contribution in [0.3, 0.4) is 0 Å². The SMILES string of the molecule is CC(=O)O[C@H]1CC[C@@]2(C)C(=CC[C@H]3[C@H]2CC[C@@]2(C)[C@@H]3C[C@@H]3CCCC[C@]32C(C)=O)C1. The fourth-order valence-corrected chi connectivity index (χ4v) is 9.76. The Morgan fingerprint density at radius 3 is 2.53 bits per heavy atom. The Labute approximate surface area is 182 Å². The molecule has 0 N–H and O–H groups in total. The number of ether oxygens (including phenoxy) is 1. The second-order valence-corrected chi connectivity index (χ2v) is 11.9. The van der Waals surface area contributed by atoms with Gasteiger partial charge in [0.05, 0.1) is 0 Å². The van der Waals surface area contributed by atoms with Gasteiger partial charge in [0.2, 0.25) is 0 Å². The Kier molecular flexibility index (Phi) is 4.80. The van der Waals surface area contributed by atoms with Gasteiger partial charge in [-0.3, -0.25) is 9.59 Å². The molecule has 0 aromatic heterocycles. The van der Waals surface area contributed by atoms with Gasteiger partial charge in [0, 0.05) is 18.8 Å². The molecular formula is C27H40O3. The molecule has 5 aliphatic carbocycles. The molecule has 0 aliphatic heterocycles. The van der Waals surface area contributed by atoms with Gasteiger partial charge in [0.25, 0.3) is 0 Å². The second-order valence-electron chi connectivity index (χ2n) is 11.9. The third-order valence-electron chi connectivity index (χ3n) is 11.0. The molecule has 5 rings (SSSR count). The average Bonchev–Trinajstić information content (AvgIpc) is 2.98. The van der Waals surface area contributed by atoms with E-state index in [0.29, 0.717) is 17.6 Å². The molecule has 3 heteroatoms. The Hall–Kier alpha value is -1.12. The number of esters is 1. The molecule has 0 radical (unpaired) electrons. The molecule has 30 heavy (non-hydrogen) atoms. The molecule has 0 heterocycles. The highest BCUT2D eigenvalue weighted by Gasteiger charge is 2.68. The number of allylic oxidation sites excluding steroid dienone is 1. The maximum absolute atomic E-state index is 13.2. The van der Waals surface area contributed by atoms with E-state index < -0.39 is 0 Å². The summed E-state index contributed by atoms with van der Waals surface area (Å²) in [5.74, 6) is 3.13. The molecule has 3 nitrogen and oxygen atoms in total. The molecular weight excluding hydrogens is 372 g/mol. The first kappa shape index (κ1) is 20.8. The largest absolute Gasteiger partial charge is 0.462 e. The zero-order valence-electron chi connectivity index (χ0n) is 19.5. The fraction of sp³-hybridized carbons (Fsp3) is 0.852. The summed E-state index contributed by atoms with van der Waals surface area (Å²) in [6, 6.07) is 0. The molecule has 0 saturated heterocycles. The fourth-order valence-electron chi connectivity index (χ4n) is 9.76. The van der Waals surface area contributed by atoms with Crippen LogP contribution in [0.5, 0.6) is 0 Å². The van der Waals surface area contributed by atoms with Gasteiger partial charge >= 0.3 is 5.97 Å². The smallest absolute Gasteiger partial charge is 0.302 e. The van der Waals surface area contributed by atoms with Crippen molar-refractivity contribution in [2.75, 3.05) is 0 Å². The summed E-state index contributed by atoms with van der Waals surface area (Å²) in [6.45, 7) is 8.46. The summed E-state index contributed by atoms with van der Waals surface area (Å²) >= 11 is 0. The number of rotatable bonds is 2. The van der Waals surface area contributed by atoms with Crippen LogP contribution in [0.25, 0.3) is 0 Å². The summed E-state index contributed by atoms with van der Waals surface area (Å²) in [5, 5.41) is 0. The van der Waals surface area contributed by atoms with Crippen LogP contribution in [0.4, 0.5) is 0 Å². The minimum atomic E-state index is -0.144. The van der Waals surface area contributed by atoms with Gasteiger partial charge < -0.3 is 4.74 Å². The number of carbonyl (C=O) groups excluding carboxylic acids is 2. The third kappa shape index (κ3) is 2.62. The van der Waals surface area contributed by atoms with Gasteiger partial charge in [-0.15, -0.1) is 0 Å². The van der Waals surface area contributed by atoms with Crippen molar-refractivity contribution in [1.29, 1.82) is 0 Å². The van der Waals surface area contributed by atoms with Crippen molar-refractivity contribution in [3.63, 3.8) is 0 Å². The lowest BCUT2D eigenvalue weighted by atomic mass is 9.44. The minimum Gasteiger partial charge on any atom is -0.462 e. The summed E-state index contributed by atoms with van der Waals surface area (Å²) in [4.78, 5) is 24.7. The van der Waals surface area contributed by atoms with E-state index in [-0.39, 0.29) is 28.3 Å². The predicted octanol–water partition coefficient (Wildman–Crippen LogP) is 6.26. The number of ketones is 1. The molecule has 8 atom stereocenters. The van der Waals surface area contributed by atoms with Crippen molar-refractivity contribution < 1.29 is 14.3 Å². The van der Waals surface area contributed by atoms with Crippen LogP contribution >= 0.6 is 0 Å². The molecule has 4 fully saturated rings. The lowest BCUT2D eigenvalue weighted by Crippen LogP contribution is -2.55. The highest BCUT2D eigenvalue weighted by molar-refractivity contribution is 5.84. The summed E-state index contributed by atoms with van der Waals surface area (Å²) in [6.07, 6.45) is 15.6. The van der Waals surface area contributed by atoms with E-state index in [9.17, 15) is 9.59 Å². The van der Waals surface area contributed by atoms with E-state index in [0.717, 1.165) is 37.5 Å². The van der Waals surface area contributed by atoms with Crippen LogP contribution in [0, 0.1) is 39.9 Å². The second kappa shape index (κ2) is 6.94. The summed E-state index contributed by atoms with van der Waals surface area (Å²) < 4.78 is 5.59. The first-order valence-electron chi connectivity index (χ1n) is 12.6. The van der Waals surface area contributed by atoms with E-state index in [4.69, 9.17) is 4.74 Å². The Bertz CT molecular complexity index is 783. The van der Waals surface area contributed by atoms with Crippen LogP contribution in [-0.2, 0) is 14.3 Å². The van der Waals surface area contributed by atoms with Crippen molar-refractivity contribution in [2.45, 2.75) is 104 Å². The number of carbonyl (C=O) groups is 2. The predicted molar refractivity (Wildman–Crippen MR) is 118 cm³/mol. The van der Waals surface area contributed by atoms with Crippen LogP contribution in [-0.4, -0.2) is 17.9 Å². The van der Waals surface area contributed by atoms with E-state index >= 15 is 0 Å². The maximum atomic E-state index is 13.2. The van der Waals surface area contributed by atoms with Crippen molar-refractivity contribution in [3.8, 4) is 0 Å². The van der Waals surface area contributed by atoms with E-state index in [1.807, 2.05) is 6.92 Å². The highest BCUT2D eigenvalue weighted by Crippen LogP contribution is 2.73. The zero-order chi connectivity index (χ0) is 21.3. The van der Waals surface area contributed by atoms with Crippen LogP contribution in [0.15, 0.2) is 11.6 Å². The van der Waals surface area contributed by atoms with E-state index in [2.05, 4.69) is 19.9 Å². The highest BCUT2D eigenvalue weighted by atomic mass is 16.5. The average molecular weight is 413 g/mol. The van der Waals surface area contributed by atoms with E-state index in [1.54, 1.807) is 5.57 Å². The first-order valence-corrected chi connectivity index (χ1v) is 12.6. The Morgan fingerprint density at radius 1 is 1.00 bits per heavy atom. The van der Waals surface area contributed by atoms with Crippen molar-refractivity contribution >= 4 is 11.8 Å². The standard InChI is InChI=1S/C27H40O3/c1-17(28)27-12-6-5-7-20(27)16-24-22-9-8-19-15-21(30-18(2)29)10-13-25(19,3)23(22)11-14-26(24,27)4/h8,20-24H,5-7,9-16H2,1-4H3/t20-,21-,22-,23+,24+,25-,26-,27-/m0/s1. The zero-order valence-corrected chi connectivity index (χ0v) is 19.5. The molecule has 0 unspecified atom stereocenters. The van der Waals surface area contributed by atoms with Crippen LogP contribution < -0.4 is 0 Å². The lowest BCUT2D eigenvalue weighted by molar-refractivity contribution is -0.151. The van der Waals surface area contributed by atoms with Gasteiger partial charge in [0.1, 0.15) is 11.9 Å². The number of fused-ring (bicyclic) bond motifs is 7. The molecule has 166 valence electrons. The van der Waals surface area contributed by atoms with Crippen LogP contribution in [0.1, 0.15) is 98.3 Å². The van der Waals surface area contributed by atoms with Gasteiger partial charge in [0.15, 0.2) is 0 Å². The van der Waals surface area contributed by atoms with Crippen molar-refractivity contribution in [3.05, 3.63) is 11.6 Å². The molecule has 5 aliphatic rings. The summed E-state index contributed by atoms with van der Waals surface area (Å²) in [7, 11) is 0. The Morgan fingerprint density at radius 2 is 1.80 bits per heavy atom. The molecule has 0 aromatic rings. The molecule has 0 amide bonds. The lowest BCUT2D eigenvalue weighted by Gasteiger charge is -2.60.